The van der Waals surface area contributed by atoms with Gasteiger partial charge in [-0.3, -0.25) is 9.69 Å². The van der Waals surface area contributed by atoms with Crippen molar-refractivity contribution in [1.82, 2.24) is 9.80 Å². The van der Waals surface area contributed by atoms with E-state index in [0.717, 1.165) is 44.7 Å². The Kier molecular flexibility index (Phi) is 5.93. The molecule has 0 radical (unpaired) electrons. The summed E-state index contributed by atoms with van der Waals surface area (Å²) in [7, 11) is 0. The number of amides is 1. The summed E-state index contributed by atoms with van der Waals surface area (Å²) in [4.78, 5) is 16.7. The van der Waals surface area contributed by atoms with Gasteiger partial charge >= 0.3 is 0 Å². The summed E-state index contributed by atoms with van der Waals surface area (Å²) >= 11 is 0. The van der Waals surface area contributed by atoms with Gasteiger partial charge in [-0.25, -0.2) is 0 Å². The van der Waals surface area contributed by atoms with E-state index in [9.17, 15) is 15.0 Å². The second-order valence-electron chi connectivity index (χ2n) is 7.19. The Labute approximate surface area is 149 Å². The van der Waals surface area contributed by atoms with Crippen LogP contribution in [-0.2, 0) is 16.0 Å². The van der Waals surface area contributed by atoms with Crippen molar-refractivity contribution in [1.29, 1.82) is 0 Å². The summed E-state index contributed by atoms with van der Waals surface area (Å²) < 4.78 is 5.37. The molecule has 0 unspecified atom stereocenters. The molecule has 1 aromatic carbocycles. The molecule has 3 rings (SSSR count). The minimum atomic E-state index is -0.725. The number of phenolic OH excluding ortho intramolecular Hbond substituents is 1. The van der Waals surface area contributed by atoms with E-state index in [-0.39, 0.29) is 18.1 Å². The molecule has 2 saturated heterocycles. The largest absolute Gasteiger partial charge is 0.508 e. The molecule has 2 fully saturated rings. The topological polar surface area (TPSA) is 73.2 Å². The van der Waals surface area contributed by atoms with Crippen LogP contribution in [0.1, 0.15) is 24.8 Å². The van der Waals surface area contributed by atoms with Gasteiger partial charge in [-0.15, -0.1) is 0 Å². The third-order valence-corrected chi connectivity index (χ3v) is 5.16. The third kappa shape index (κ3) is 5.17. The van der Waals surface area contributed by atoms with E-state index in [4.69, 9.17) is 4.74 Å². The highest BCUT2D eigenvalue weighted by atomic mass is 16.5. The summed E-state index contributed by atoms with van der Waals surface area (Å²) in [5.41, 5.74) is 0.0926. The van der Waals surface area contributed by atoms with Crippen molar-refractivity contribution < 1.29 is 19.7 Å². The predicted octanol–water partition coefficient (Wildman–Crippen LogP) is 1.01. The van der Waals surface area contributed by atoms with Gasteiger partial charge in [0.05, 0.1) is 25.2 Å². The average Bonchev–Trinajstić information content (AvgIpc) is 2.78. The molecule has 0 bridgehead atoms. The molecule has 0 saturated carbocycles. The maximum Gasteiger partial charge on any atom is 0.226 e. The van der Waals surface area contributed by atoms with Crippen molar-refractivity contribution in [2.75, 3.05) is 45.9 Å². The molecule has 0 aromatic heterocycles. The van der Waals surface area contributed by atoms with E-state index in [0.29, 0.717) is 26.1 Å². The van der Waals surface area contributed by atoms with Crippen LogP contribution in [0.25, 0.3) is 0 Å². The monoisotopic (exact) mass is 348 g/mol. The molecule has 25 heavy (non-hydrogen) atoms. The van der Waals surface area contributed by atoms with Crippen LogP contribution >= 0.6 is 0 Å². The molecule has 2 aliphatic rings. The SMILES string of the molecule is O=C(Cc1cccc(O)c1)N1CCC[C@](O)(CN2CCOCC2)CC1. The molecule has 1 amide bonds. The number of rotatable bonds is 4. The number of aliphatic hydroxyl groups is 1. The standard InChI is InChI=1S/C19H28N2O4/c22-17-4-1-3-16(13-17)14-18(23)21-7-2-5-19(24,6-8-21)15-20-9-11-25-12-10-20/h1,3-4,13,22,24H,2,5-12,14-15H2/t19-/m1/s1. The third-order valence-electron chi connectivity index (χ3n) is 5.16. The van der Waals surface area contributed by atoms with Crippen LogP contribution in [0.2, 0.25) is 0 Å². The van der Waals surface area contributed by atoms with Gasteiger partial charge in [0, 0.05) is 32.7 Å². The number of carbonyl (C=O) groups is 1. The van der Waals surface area contributed by atoms with E-state index >= 15 is 0 Å². The zero-order valence-corrected chi connectivity index (χ0v) is 14.7. The van der Waals surface area contributed by atoms with Gasteiger partial charge in [0.1, 0.15) is 5.75 Å². The van der Waals surface area contributed by atoms with Crippen LogP contribution in [0.4, 0.5) is 0 Å². The molecule has 2 aliphatic heterocycles. The molecule has 138 valence electrons. The molecule has 6 heteroatoms. The maximum atomic E-state index is 12.6. The highest BCUT2D eigenvalue weighted by Crippen LogP contribution is 2.24. The van der Waals surface area contributed by atoms with Crippen molar-refractivity contribution in [2.24, 2.45) is 0 Å². The van der Waals surface area contributed by atoms with Crippen molar-refractivity contribution >= 4 is 5.91 Å². The lowest BCUT2D eigenvalue weighted by Crippen LogP contribution is -2.48. The molecule has 1 atom stereocenters. The zero-order valence-electron chi connectivity index (χ0n) is 14.7. The Morgan fingerprint density at radius 1 is 1.16 bits per heavy atom. The molecule has 6 nitrogen and oxygen atoms in total. The number of morpholine rings is 1. The fraction of sp³-hybridized carbons (Fsp3) is 0.632. The second-order valence-corrected chi connectivity index (χ2v) is 7.19. The number of ether oxygens (including phenoxy) is 1. The lowest BCUT2D eigenvalue weighted by Gasteiger charge is -2.35. The number of nitrogens with zero attached hydrogens (tertiary/aromatic N) is 2. The van der Waals surface area contributed by atoms with Gasteiger partial charge in [0.25, 0.3) is 0 Å². The quantitative estimate of drug-likeness (QED) is 0.850. The molecule has 1 aromatic rings. The van der Waals surface area contributed by atoms with E-state index in [1.54, 1.807) is 18.2 Å². The zero-order chi connectivity index (χ0) is 17.7. The van der Waals surface area contributed by atoms with E-state index < -0.39 is 5.60 Å². The smallest absolute Gasteiger partial charge is 0.226 e. The maximum absolute atomic E-state index is 12.6. The number of benzene rings is 1. The van der Waals surface area contributed by atoms with Crippen molar-refractivity contribution in [3.05, 3.63) is 29.8 Å². The lowest BCUT2D eigenvalue weighted by molar-refractivity contribution is -0.130. The molecule has 2 N–H and O–H groups in total. The summed E-state index contributed by atoms with van der Waals surface area (Å²) in [6.45, 7) is 5.10. The normalized spacial score (nSPS) is 25.6. The molecule has 2 heterocycles. The van der Waals surface area contributed by atoms with Gasteiger partial charge in [-0.1, -0.05) is 12.1 Å². The summed E-state index contributed by atoms with van der Waals surface area (Å²) in [5.74, 6) is 0.238. The number of hydrogen-bond donors (Lipinski definition) is 2. The molecule has 0 aliphatic carbocycles. The van der Waals surface area contributed by atoms with Gasteiger partial charge in [0.2, 0.25) is 5.91 Å². The number of carbonyl (C=O) groups excluding carboxylic acids is 1. The Morgan fingerprint density at radius 2 is 1.96 bits per heavy atom. The van der Waals surface area contributed by atoms with Crippen molar-refractivity contribution in [2.45, 2.75) is 31.3 Å². The minimum absolute atomic E-state index is 0.0567. The number of β-amino-alcohol motifs (C(OH)–C–C–N with tert-alkyl or cyclic N) is 1. The number of hydrogen-bond acceptors (Lipinski definition) is 5. The molecular weight excluding hydrogens is 320 g/mol. The fourth-order valence-electron chi connectivity index (χ4n) is 3.71. The fourth-order valence-corrected chi connectivity index (χ4v) is 3.71. The summed E-state index contributed by atoms with van der Waals surface area (Å²) in [6.07, 6.45) is 2.43. The van der Waals surface area contributed by atoms with Crippen LogP contribution in [0.15, 0.2) is 24.3 Å². The van der Waals surface area contributed by atoms with Gasteiger partial charge in [0.15, 0.2) is 0 Å². The van der Waals surface area contributed by atoms with Gasteiger partial charge < -0.3 is 19.8 Å². The van der Waals surface area contributed by atoms with E-state index in [2.05, 4.69) is 4.90 Å². The Balaban J connectivity index is 1.54. The first-order valence-corrected chi connectivity index (χ1v) is 9.12. The lowest BCUT2D eigenvalue weighted by atomic mass is 9.94. The number of likely N-dealkylation sites (tertiary alicyclic amines) is 1. The first-order chi connectivity index (χ1) is 12.0. The van der Waals surface area contributed by atoms with Crippen LogP contribution in [0.3, 0.4) is 0 Å². The van der Waals surface area contributed by atoms with Crippen LogP contribution in [0.5, 0.6) is 5.75 Å². The van der Waals surface area contributed by atoms with Gasteiger partial charge in [-0.05, 0) is 37.0 Å². The first-order valence-electron chi connectivity index (χ1n) is 9.12. The van der Waals surface area contributed by atoms with E-state index in [1.807, 2.05) is 11.0 Å². The van der Waals surface area contributed by atoms with E-state index in [1.165, 1.54) is 0 Å². The highest BCUT2D eigenvalue weighted by Gasteiger charge is 2.33. The van der Waals surface area contributed by atoms with Gasteiger partial charge in [-0.2, -0.15) is 0 Å². The number of aromatic hydroxyl groups is 1. The van der Waals surface area contributed by atoms with Crippen LogP contribution in [0, 0.1) is 0 Å². The van der Waals surface area contributed by atoms with Crippen molar-refractivity contribution in [3.63, 3.8) is 0 Å². The average molecular weight is 348 g/mol. The van der Waals surface area contributed by atoms with Crippen molar-refractivity contribution in [3.8, 4) is 5.75 Å². The predicted molar refractivity (Wildman–Crippen MR) is 94.5 cm³/mol. The van der Waals surface area contributed by atoms with Crippen LogP contribution in [-0.4, -0.2) is 77.5 Å². The number of phenols is 1. The Hall–Kier alpha value is -1.63. The summed E-state index contributed by atoms with van der Waals surface area (Å²) in [6, 6.07) is 6.84. The van der Waals surface area contributed by atoms with Crippen LogP contribution < -0.4 is 0 Å². The summed E-state index contributed by atoms with van der Waals surface area (Å²) in [5, 5.41) is 20.5. The second kappa shape index (κ2) is 8.17. The first kappa shape index (κ1) is 18.2. The minimum Gasteiger partial charge on any atom is -0.508 e. The Morgan fingerprint density at radius 3 is 2.72 bits per heavy atom. The molecular formula is C19H28N2O4. The molecule has 0 spiro atoms. The highest BCUT2D eigenvalue weighted by molar-refractivity contribution is 5.78. The Bertz CT molecular complexity index is 589.